The van der Waals surface area contributed by atoms with Gasteiger partial charge < -0.3 is 4.74 Å². The number of benzene rings is 3. The summed E-state index contributed by atoms with van der Waals surface area (Å²) in [6, 6.07) is 21.9. The summed E-state index contributed by atoms with van der Waals surface area (Å²) in [5.74, 6) is 0.626. The summed E-state index contributed by atoms with van der Waals surface area (Å²) >= 11 is 0. The van der Waals surface area contributed by atoms with Crippen LogP contribution in [0, 0.1) is 0 Å². The maximum absolute atomic E-state index is 12.6. The van der Waals surface area contributed by atoms with Gasteiger partial charge in [0, 0.05) is 11.1 Å². The monoisotopic (exact) mass is 378 g/mol. The Bertz CT molecular complexity index is 1070. The summed E-state index contributed by atoms with van der Waals surface area (Å²) in [5, 5.41) is 4.26. The molecular formula is C21H18N2O3S. The molecule has 1 aliphatic carbocycles. The fraction of sp³-hybridized carbons (Fsp3) is 0.0952. The van der Waals surface area contributed by atoms with E-state index >= 15 is 0 Å². The van der Waals surface area contributed by atoms with E-state index in [0.29, 0.717) is 18.1 Å². The average Bonchev–Trinajstić information content (AvgIpc) is 3.01. The van der Waals surface area contributed by atoms with Crippen molar-refractivity contribution < 1.29 is 13.2 Å². The van der Waals surface area contributed by atoms with E-state index in [9.17, 15) is 8.42 Å². The van der Waals surface area contributed by atoms with Crippen LogP contribution in [0.15, 0.2) is 82.8 Å². The lowest BCUT2D eigenvalue weighted by molar-refractivity contribution is 0.340. The Labute approximate surface area is 158 Å². The molecule has 3 aromatic carbocycles. The number of fused-ring (bicyclic) bond motifs is 3. The van der Waals surface area contributed by atoms with Crippen molar-refractivity contribution >= 4 is 15.7 Å². The number of hydrogen-bond acceptors (Lipinski definition) is 4. The topological polar surface area (TPSA) is 67.8 Å². The summed E-state index contributed by atoms with van der Waals surface area (Å²) in [5.41, 5.74) is 4.54. The predicted molar refractivity (Wildman–Crippen MR) is 105 cm³/mol. The van der Waals surface area contributed by atoms with Crippen molar-refractivity contribution in [2.45, 2.75) is 11.8 Å². The summed E-state index contributed by atoms with van der Waals surface area (Å²) < 4.78 is 30.6. The molecule has 0 fully saturated rings. The zero-order valence-electron chi connectivity index (χ0n) is 14.7. The Morgan fingerprint density at radius 3 is 1.85 bits per heavy atom. The van der Waals surface area contributed by atoms with E-state index in [2.05, 4.69) is 9.93 Å². The van der Waals surface area contributed by atoms with Crippen LogP contribution in [0.2, 0.25) is 0 Å². The first-order valence-electron chi connectivity index (χ1n) is 8.61. The minimum absolute atomic E-state index is 0.134. The summed E-state index contributed by atoms with van der Waals surface area (Å²) in [4.78, 5) is 2.50. The third kappa shape index (κ3) is 3.19. The highest BCUT2D eigenvalue weighted by atomic mass is 32.2. The minimum Gasteiger partial charge on any atom is -0.494 e. The molecule has 0 aliphatic heterocycles. The summed E-state index contributed by atoms with van der Waals surface area (Å²) in [6.07, 6.45) is 0. The summed E-state index contributed by atoms with van der Waals surface area (Å²) in [7, 11) is -3.78. The second-order valence-electron chi connectivity index (χ2n) is 6.05. The summed E-state index contributed by atoms with van der Waals surface area (Å²) in [6.45, 7) is 2.40. The van der Waals surface area contributed by atoms with Crippen LogP contribution in [-0.4, -0.2) is 20.7 Å². The molecule has 136 valence electrons. The number of nitrogens with one attached hydrogen (secondary N) is 1. The first-order valence-corrected chi connectivity index (χ1v) is 10.1. The smallest absolute Gasteiger partial charge is 0.276 e. The molecule has 0 spiro atoms. The van der Waals surface area contributed by atoms with Crippen LogP contribution in [0.3, 0.4) is 0 Å². The first-order chi connectivity index (χ1) is 13.1. The third-order valence-corrected chi connectivity index (χ3v) is 5.60. The lowest BCUT2D eigenvalue weighted by Crippen LogP contribution is -2.20. The van der Waals surface area contributed by atoms with E-state index in [1.165, 1.54) is 12.1 Å². The van der Waals surface area contributed by atoms with Crippen LogP contribution in [0.1, 0.15) is 18.1 Å². The van der Waals surface area contributed by atoms with Crippen LogP contribution in [-0.2, 0) is 10.0 Å². The Hall–Kier alpha value is -3.12. The first kappa shape index (κ1) is 17.3. The predicted octanol–water partition coefficient (Wildman–Crippen LogP) is 3.80. The van der Waals surface area contributed by atoms with Crippen molar-refractivity contribution in [1.29, 1.82) is 0 Å². The van der Waals surface area contributed by atoms with Crippen LogP contribution < -0.4 is 9.57 Å². The lowest BCUT2D eigenvalue weighted by Gasteiger charge is -2.07. The molecule has 0 saturated carbocycles. The number of rotatable bonds is 5. The maximum Gasteiger partial charge on any atom is 0.276 e. The molecule has 0 unspecified atom stereocenters. The molecule has 0 radical (unpaired) electrons. The molecule has 1 N–H and O–H groups in total. The van der Waals surface area contributed by atoms with Gasteiger partial charge in [0.1, 0.15) is 5.75 Å². The van der Waals surface area contributed by atoms with Gasteiger partial charge in [0.15, 0.2) is 0 Å². The third-order valence-electron chi connectivity index (χ3n) is 4.38. The molecule has 6 heteroatoms. The van der Waals surface area contributed by atoms with E-state index in [1.807, 2.05) is 55.5 Å². The molecular weight excluding hydrogens is 360 g/mol. The van der Waals surface area contributed by atoms with Crippen molar-refractivity contribution in [3.05, 3.63) is 83.9 Å². The van der Waals surface area contributed by atoms with Gasteiger partial charge in [-0.15, -0.1) is 0 Å². The quantitative estimate of drug-likeness (QED) is 0.537. The van der Waals surface area contributed by atoms with E-state index in [-0.39, 0.29) is 4.90 Å². The molecule has 4 rings (SSSR count). The van der Waals surface area contributed by atoms with Gasteiger partial charge in [-0.1, -0.05) is 48.5 Å². The normalized spacial score (nSPS) is 12.3. The highest BCUT2D eigenvalue weighted by molar-refractivity contribution is 7.89. The SMILES string of the molecule is CCOc1ccc(S(=O)(=O)NN=C2c3ccccc3-c3ccccc32)cc1. The van der Waals surface area contributed by atoms with Gasteiger partial charge in [0.05, 0.1) is 17.2 Å². The molecule has 3 aromatic rings. The average molecular weight is 378 g/mol. The Morgan fingerprint density at radius 1 is 0.815 bits per heavy atom. The molecule has 0 atom stereocenters. The molecule has 0 aromatic heterocycles. The highest BCUT2D eigenvalue weighted by Gasteiger charge is 2.25. The number of sulfonamides is 1. The van der Waals surface area contributed by atoms with Crippen molar-refractivity contribution in [2.24, 2.45) is 5.10 Å². The lowest BCUT2D eigenvalue weighted by atomic mass is 10.1. The van der Waals surface area contributed by atoms with E-state index < -0.39 is 10.0 Å². The highest BCUT2D eigenvalue weighted by Crippen LogP contribution is 2.36. The van der Waals surface area contributed by atoms with E-state index in [4.69, 9.17) is 4.74 Å². The van der Waals surface area contributed by atoms with Crippen molar-refractivity contribution in [3.63, 3.8) is 0 Å². The number of hydrazone groups is 1. The van der Waals surface area contributed by atoms with Crippen LogP contribution in [0.4, 0.5) is 0 Å². The van der Waals surface area contributed by atoms with Gasteiger partial charge in [0.25, 0.3) is 10.0 Å². The Kier molecular flexibility index (Phi) is 4.41. The number of ether oxygens (including phenoxy) is 1. The largest absolute Gasteiger partial charge is 0.494 e. The second kappa shape index (κ2) is 6.89. The number of hydrogen-bond donors (Lipinski definition) is 1. The molecule has 1 aliphatic rings. The minimum atomic E-state index is -3.78. The van der Waals surface area contributed by atoms with Crippen molar-refractivity contribution in [2.75, 3.05) is 6.61 Å². The molecule has 0 heterocycles. The molecule has 0 saturated heterocycles. The fourth-order valence-electron chi connectivity index (χ4n) is 3.15. The van der Waals surface area contributed by atoms with Gasteiger partial charge >= 0.3 is 0 Å². The van der Waals surface area contributed by atoms with Gasteiger partial charge in [0.2, 0.25) is 0 Å². The molecule has 0 amide bonds. The maximum atomic E-state index is 12.6. The molecule has 27 heavy (non-hydrogen) atoms. The van der Waals surface area contributed by atoms with Crippen molar-refractivity contribution in [3.8, 4) is 16.9 Å². The standard InChI is InChI=1S/C21H18N2O3S/c1-2-26-15-11-13-16(14-12-15)27(24,25)23-22-21-19-9-5-3-7-17(19)18-8-4-6-10-20(18)21/h3-14,23H,2H2,1H3. The Balaban J connectivity index is 1.68. The van der Waals surface area contributed by atoms with Gasteiger partial charge in [-0.2, -0.15) is 18.4 Å². The van der Waals surface area contributed by atoms with Gasteiger partial charge in [-0.25, -0.2) is 0 Å². The van der Waals surface area contributed by atoms with Crippen LogP contribution in [0.5, 0.6) is 5.75 Å². The van der Waals surface area contributed by atoms with E-state index in [0.717, 1.165) is 22.3 Å². The molecule has 5 nitrogen and oxygen atoms in total. The second-order valence-corrected chi connectivity index (χ2v) is 7.71. The van der Waals surface area contributed by atoms with Gasteiger partial charge in [-0.3, -0.25) is 0 Å². The molecule has 0 bridgehead atoms. The Morgan fingerprint density at radius 2 is 1.33 bits per heavy atom. The van der Waals surface area contributed by atoms with Crippen LogP contribution >= 0.6 is 0 Å². The zero-order valence-corrected chi connectivity index (χ0v) is 15.5. The zero-order chi connectivity index (χ0) is 18.9. The fourth-order valence-corrected chi connectivity index (χ4v) is 3.97. The van der Waals surface area contributed by atoms with Crippen molar-refractivity contribution in [1.82, 2.24) is 4.83 Å². The van der Waals surface area contributed by atoms with Crippen LogP contribution in [0.25, 0.3) is 11.1 Å². The van der Waals surface area contributed by atoms with E-state index in [1.54, 1.807) is 12.1 Å². The van der Waals surface area contributed by atoms with Gasteiger partial charge in [-0.05, 0) is 42.3 Å². The number of nitrogens with zero attached hydrogens (tertiary/aromatic N) is 1.